The molecule has 1 aromatic carbocycles. The van der Waals surface area contributed by atoms with Crippen LogP contribution in [0.2, 0.25) is 5.02 Å². The van der Waals surface area contributed by atoms with Gasteiger partial charge in [-0.3, -0.25) is 14.2 Å². The van der Waals surface area contributed by atoms with Crippen LogP contribution >= 0.6 is 23.4 Å². The largest absolute Gasteiger partial charge is 0.369 e. The van der Waals surface area contributed by atoms with Crippen molar-refractivity contribution in [3.63, 3.8) is 0 Å². The van der Waals surface area contributed by atoms with Gasteiger partial charge in [-0.05, 0) is 31.0 Å². The predicted octanol–water partition coefficient (Wildman–Crippen LogP) is 1.74. The number of nitrogens with two attached hydrogens (primary N) is 1. The van der Waals surface area contributed by atoms with Gasteiger partial charge in [0.15, 0.2) is 5.16 Å². The molecule has 0 radical (unpaired) electrons. The summed E-state index contributed by atoms with van der Waals surface area (Å²) in [4.78, 5) is 25.3. The first-order valence-electron chi connectivity index (χ1n) is 7.90. The number of aromatic nitrogens is 3. The van der Waals surface area contributed by atoms with Gasteiger partial charge in [-0.25, -0.2) is 0 Å². The van der Waals surface area contributed by atoms with E-state index in [1.807, 2.05) is 18.2 Å². The molecule has 25 heavy (non-hydrogen) atoms. The summed E-state index contributed by atoms with van der Waals surface area (Å²) in [5, 5.41) is 9.24. The number of amides is 2. The number of hydrogen-bond acceptors (Lipinski definition) is 5. The van der Waals surface area contributed by atoms with Crippen LogP contribution in [-0.4, -0.2) is 50.3 Å². The second-order valence-corrected chi connectivity index (χ2v) is 7.19. The van der Waals surface area contributed by atoms with Gasteiger partial charge in [-0.2, -0.15) is 0 Å². The minimum atomic E-state index is -0.281. The maximum absolute atomic E-state index is 12.4. The Labute approximate surface area is 154 Å². The first-order chi connectivity index (χ1) is 12.0. The van der Waals surface area contributed by atoms with Gasteiger partial charge in [0.25, 0.3) is 0 Å². The highest BCUT2D eigenvalue weighted by molar-refractivity contribution is 7.99. The van der Waals surface area contributed by atoms with Gasteiger partial charge >= 0.3 is 0 Å². The average Bonchev–Trinajstić information content (AvgIpc) is 3.08. The number of halogens is 1. The SMILES string of the molecule is NC(=O)C1CCN(C(=O)CSc2nncn2-c2cccc(Cl)c2)CC1. The Morgan fingerprint density at radius 3 is 2.76 bits per heavy atom. The number of primary amides is 1. The second kappa shape index (κ2) is 7.88. The fourth-order valence-electron chi connectivity index (χ4n) is 2.76. The average molecular weight is 380 g/mol. The number of rotatable bonds is 5. The van der Waals surface area contributed by atoms with Gasteiger partial charge in [-0.1, -0.05) is 29.4 Å². The molecule has 1 aliphatic rings. The lowest BCUT2D eigenvalue weighted by molar-refractivity contribution is -0.132. The Kier molecular flexibility index (Phi) is 5.60. The topological polar surface area (TPSA) is 94.1 Å². The molecule has 3 rings (SSSR count). The van der Waals surface area contributed by atoms with E-state index in [1.54, 1.807) is 21.9 Å². The summed E-state index contributed by atoms with van der Waals surface area (Å²) < 4.78 is 1.79. The molecule has 0 spiro atoms. The van der Waals surface area contributed by atoms with Crippen LogP contribution in [0, 0.1) is 5.92 Å². The Bertz CT molecular complexity index is 773. The van der Waals surface area contributed by atoms with E-state index in [-0.39, 0.29) is 23.5 Å². The van der Waals surface area contributed by atoms with Crippen molar-refractivity contribution in [2.75, 3.05) is 18.8 Å². The number of piperidine rings is 1. The van der Waals surface area contributed by atoms with Crippen LogP contribution in [0.1, 0.15) is 12.8 Å². The lowest BCUT2D eigenvalue weighted by Crippen LogP contribution is -2.42. The normalized spacial score (nSPS) is 15.3. The van der Waals surface area contributed by atoms with Gasteiger partial charge in [0.1, 0.15) is 6.33 Å². The number of nitrogens with zero attached hydrogens (tertiary/aromatic N) is 4. The van der Waals surface area contributed by atoms with Gasteiger partial charge in [0.05, 0.1) is 11.4 Å². The molecule has 2 N–H and O–H groups in total. The Morgan fingerprint density at radius 2 is 2.08 bits per heavy atom. The molecule has 132 valence electrons. The zero-order chi connectivity index (χ0) is 17.8. The summed E-state index contributed by atoms with van der Waals surface area (Å²) in [6.07, 6.45) is 2.85. The van der Waals surface area contributed by atoms with E-state index in [4.69, 9.17) is 17.3 Å². The lowest BCUT2D eigenvalue weighted by Gasteiger charge is -2.30. The minimum absolute atomic E-state index is 0.0218. The van der Waals surface area contributed by atoms with Crippen LogP contribution in [0.3, 0.4) is 0 Å². The first-order valence-corrected chi connectivity index (χ1v) is 9.27. The molecule has 1 aliphatic heterocycles. The maximum atomic E-state index is 12.4. The standard InChI is InChI=1S/C16H18ClN5O2S/c17-12-2-1-3-13(8-12)22-10-19-20-16(22)25-9-14(23)21-6-4-11(5-7-21)15(18)24/h1-3,8,10-11H,4-7,9H2,(H2,18,24). The van der Waals surface area contributed by atoms with Gasteiger partial charge < -0.3 is 10.6 Å². The van der Waals surface area contributed by atoms with Gasteiger partial charge in [0.2, 0.25) is 11.8 Å². The van der Waals surface area contributed by atoms with E-state index in [0.717, 1.165) is 5.69 Å². The zero-order valence-electron chi connectivity index (χ0n) is 13.5. The van der Waals surface area contributed by atoms with E-state index in [2.05, 4.69) is 10.2 Å². The van der Waals surface area contributed by atoms with E-state index in [9.17, 15) is 9.59 Å². The zero-order valence-corrected chi connectivity index (χ0v) is 15.0. The summed E-state index contributed by atoms with van der Waals surface area (Å²) in [6.45, 7) is 1.13. The molecule has 0 atom stereocenters. The van der Waals surface area contributed by atoms with E-state index < -0.39 is 0 Å². The summed E-state index contributed by atoms with van der Waals surface area (Å²) in [6, 6.07) is 7.35. The number of carbonyl (C=O) groups is 2. The smallest absolute Gasteiger partial charge is 0.233 e. The van der Waals surface area contributed by atoms with Crippen LogP contribution < -0.4 is 5.73 Å². The van der Waals surface area contributed by atoms with Crippen molar-refractivity contribution >= 4 is 35.2 Å². The summed E-state index contributed by atoms with van der Waals surface area (Å²) in [7, 11) is 0. The van der Waals surface area contributed by atoms with E-state index in [1.165, 1.54) is 11.8 Å². The molecule has 0 bridgehead atoms. The Morgan fingerprint density at radius 1 is 1.32 bits per heavy atom. The molecule has 2 amide bonds. The molecule has 1 saturated heterocycles. The van der Waals surface area contributed by atoms with Crippen molar-refractivity contribution < 1.29 is 9.59 Å². The van der Waals surface area contributed by atoms with Crippen LogP contribution in [0.15, 0.2) is 35.7 Å². The fourth-order valence-corrected chi connectivity index (χ4v) is 3.77. The van der Waals surface area contributed by atoms with Crippen molar-refractivity contribution in [2.24, 2.45) is 11.7 Å². The quantitative estimate of drug-likeness (QED) is 0.798. The molecule has 7 nitrogen and oxygen atoms in total. The molecular weight excluding hydrogens is 362 g/mol. The summed E-state index contributed by atoms with van der Waals surface area (Å²) in [5.41, 5.74) is 6.16. The molecule has 0 saturated carbocycles. The number of thioether (sulfide) groups is 1. The first kappa shape index (κ1) is 17.8. The molecular formula is C16H18ClN5O2S. The number of carbonyl (C=O) groups excluding carboxylic acids is 2. The fraction of sp³-hybridized carbons (Fsp3) is 0.375. The Balaban J connectivity index is 1.59. The van der Waals surface area contributed by atoms with Crippen molar-refractivity contribution in [1.82, 2.24) is 19.7 Å². The maximum Gasteiger partial charge on any atom is 0.233 e. The summed E-state index contributed by atoms with van der Waals surface area (Å²) >= 11 is 7.35. The molecule has 1 aromatic heterocycles. The molecule has 0 aliphatic carbocycles. The number of hydrogen-bond donors (Lipinski definition) is 1. The third-order valence-electron chi connectivity index (χ3n) is 4.18. The highest BCUT2D eigenvalue weighted by atomic mass is 35.5. The molecule has 0 unspecified atom stereocenters. The highest BCUT2D eigenvalue weighted by Crippen LogP contribution is 2.23. The number of benzene rings is 1. The molecule has 9 heteroatoms. The van der Waals surface area contributed by atoms with E-state index in [0.29, 0.717) is 36.1 Å². The lowest BCUT2D eigenvalue weighted by atomic mass is 9.96. The highest BCUT2D eigenvalue weighted by Gasteiger charge is 2.26. The summed E-state index contributed by atoms with van der Waals surface area (Å²) in [5.74, 6) is -0.118. The molecule has 1 fully saturated rings. The third-order valence-corrected chi connectivity index (χ3v) is 5.34. The molecule has 2 heterocycles. The second-order valence-electron chi connectivity index (χ2n) is 5.81. The van der Waals surface area contributed by atoms with Crippen molar-refractivity contribution in [2.45, 2.75) is 18.0 Å². The van der Waals surface area contributed by atoms with Crippen molar-refractivity contribution in [3.8, 4) is 5.69 Å². The molecule has 2 aromatic rings. The predicted molar refractivity (Wildman–Crippen MR) is 95.6 cm³/mol. The minimum Gasteiger partial charge on any atom is -0.369 e. The number of likely N-dealkylation sites (tertiary alicyclic amines) is 1. The van der Waals surface area contributed by atoms with Crippen LogP contribution in [0.25, 0.3) is 5.69 Å². The monoisotopic (exact) mass is 379 g/mol. The van der Waals surface area contributed by atoms with E-state index >= 15 is 0 Å². The van der Waals surface area contributed by atoms with Crippen molar-refractivity contribution in [3.05, 3.63) is 35.6 Å². The van der Waals surface area contributed by atoms with Gasteiger partial charge in [-0.15, -0.1) is 10.2 Å². The van der Waals surface area contributed by atoms with Gasteiger partial charge in [0, 0.05) is 24.0 Å². The Hall–Kier alpha value is -2.06. The van der Waals surface area contributed by atoms with Crippen molar-refractivity contribution in [1.29, 1.82) is 0 Å². The van der Waals surface area contributed by atoms with Crippen LogP contribution in [-0.2, 0) is 9.59 Å². The van der Waals surface area contributed by atoms with Crippen LogP contribution in [0.4, 0.5) is 0 Å². The third kappa shape index (κ3) is 4.32. The van der Waals surface area contributed by atoms with Crippen LogP contribution in [0.5, 0.6) is 0 Å².